The van der Waals surface area contributed by atoms with E-state index in [1.54, 1.807) is 4.72 Å². The molecule has 0 saturated heterocycles. The van der Waals surface area contributed by atoms with Crippen molar-refractivity contribution in [2.75, 3.05) is 16.2 Å². The number of benzene rings is 2. The number of rotatable bonds is 9. The van der Waals surface area contributed by atoms with Gasteiger partial charge in [0, 0.05) is 35.2 Å². The number of hydrogen-bond donors (Lipinski definition) is 1. The summed E-state index contributed by atoms with van der Waals surface area (Å²) < 4.78 is 83.4. The summed E-state index contributed by atoms with van der Waals surface area (Å²) in [7, 11) is -5.54. The van der Waals surface area contributed by atoms with Gasteiger partial charge in [-0.05, 0) is 104 Å². The molecule has 1 amide bonds. The molecular weight excluding hydrogens is 648 g/mol. The third kappa shape index (κ3) is 5.79. The van der Waals surface area contributed by atoms with Gasteiger partial charge in [0.15, 0.2) is 5.82 Å². The predicted octanol–water partition coefficient (Wildman–Crippen LogP) is 8.20. The molecule has 13 heteroatoms. The van der Waals surface area contributed by atoms with Crippen LogP contribution in [0.5, 0.6) is 0 Å². The van der Waals surface area contributed by atoms with Gasteiger partial charge in [-0.15, -0.1) is 0 Å². The molecule has 6 aliphatic rings. The molecule has 0 aliphatic heterocycles. The van der Waals surface area contributed by atoms with Crippen LogP contribution in [0.3, 0.4) is 0 Å². The third-order valence-electron chi connectivity index (χ3n) is 11.3. The van der Waals surface area contributed by atoms with Crippen molar-refractivity contribution in [2.24, 2.45) is 10.8 Å². The minimum absolute atomic E-state index is 0.0330. The summed E-state index contributed by atoms with van der Waals surface area (Å²) in [6.45, 7) is 6.71. The molecule has 0 radical (unpaired) electrons. The molecule has 1 aromatic heterocycles. The van der Waals surface area contributed by atoms with E-state index in [-0.39, 0.29) is 39.7 Å². The molecule has 1 N–H and O–H groups in total. The lowest BCUT2D eigenvalue weighted by atomic mass is 9.41. The number of hydrogen-bond acceptors (Lipinski definition) is 6. The fourth-order valence-electron chi connectivity index (χ4n) is 8.49. The molecule has 258 valence electrons. The van der Waals surface area contributed by atoms with E-state index >= 15 is 0 Å². The van der Waals surface area contributed by atoms with Gasteiger partial charge in [-0.1, -0.05) is 50.2 Å². The van der Waals surface area contributed by atoms with Crippen LogP contribution >= 0.6 is 0 Å². The van der Waals surface area contributed by atoms with Gasteiger partial charge in [-0.2, -0.15) is 26.6 Å². The Morgan fingerprint density at radius 1 is 0.917 bits per heavy atom. The molecule has 6 saturated carbocycles. The smallest absolute Gasteiger partial charge is 0.339 e. The average molecular weight is 689 g/mol. The maximum absolute atomic E-state index is 14.4. The average Bonchev–Trinajstić information content (AvgIpc) is 3.52. The van der Waals surface area contributed by atoms with E-state index in [4.69, 9.17) is 9.51 Å². The highest BCUT2D eigenvalue weighted by atomic mass is 32.2. The number of carbonyl (C=O) groups excluding carboxylic acids is 1. The first kappa shape index (κ1) is 33.0. The van der Waals surface area contributed by atoms with E-state index in [9.17, 15) is 30.8 Å². The Morgan fingerprint density at radius 3 is 2.08 bits per heavy atom. The Morgan fingerprint density at radius 2 is 1.54 bits per heavy atom. The molecule has 0 spiro atoms. The summed E-state index contributed by atoms with van der Waals surface area (Å²) in [6, 6.07) is 13.0. The van der Waals surface area contributed by atoms with Gasteiger partial charge in [-0.25, -0.2) is 4.39 Å². The van der Waals surface area contributed by atoms with Crippen LogP contribution in [-0.4, -0.2) is 42.2 Å². The Balaban J connectivity index is 1.12. The van der Waals surface area contributed by atoms with Gasteiger partial charge in [0.25, 0.3) is 0 Å². The molecule has 1 heterocycles. The molecule has 4 bridgehead atoms. The Kier molecular flexibility index (Phi) is 7.40. The van der Waals surface area contributed by atoms with E-state index in [1.165, 1.54) is 24.3 Å². The van der Waals surface area contributed by atoms with Crippen LogP contribution in [0.1, 0.15) is 96.7 Å². The Hall–Kier alpha value is -3.48. The summed E-state index contributed by atoms with van der Waals surface area (Å²) in [5.74, 6) is 1.38. The lowest BCUT2D eigenvalue weighted by Gasteiger charge is -2.66. The van der Waals surface area contributed by atoms with Crippen molar-refractivity contribution in [3.05, 3.63) is 60.2 Å². The number of nitrogens with zero attached hydrogens (tertiary/aromatic N) is 3. The van der Waals surface area contributed by atoms with Gasteiger partial charge in [-0.3, -0.25) is 9.52 Å². The van der Waals surface area contributed by atoms with E-state index in [0.717, 1.165) is 44.1 Å². The van der Waals surface area contributed by atoms with Crippen LogP contribution in [0.4, 0.5) is 28.9 Å². The van der Waals surface area contributed by atoms with Crippen LogP contribution in [-0.2, 0) is 25.6 Å². The minimum atomic E-state index is -5.54. The molecule has 0 atom stereocenters. The molecule has 0 unspecified atom stereocenters. The minimum Gasteiger partial charge on any atom is -0.339 e. The van der Waals surface area contributed by atoms with Gasteiger partial charge < -0.3 is 9.42 Å². The van der Waals surface area contributed by atoms with Crippen molar-refractivity contribution in [1.29, 1.82) is 0 Å². The first-order chi connectivity index (χ1) is 22.3. The highest BCUT2D eigenvalue weighted by Gasteiger charge is 2.69. The molecular formula is C35H40F4N4O4S. The standard InChI is InChI=1S/C35H40F4N4O4S/c1-30(2,3)28-40-29(47-41-28)33-14-11-31(12-15-33,13-16-33)22-43(27(44)18-32-19-34(36,20-32)21-32)26-6-4-5-24(17-26)23-7-9-25(10-8-23)42-48(45,46)35(37,38)39/h4-10,17,42H,11-16,18-22H2,1-3H3. The summed E-state index contributed by atoms with van der Waals surface area (Å²) >= 11 is 0. The zero-order chi connectivity index (χ0) is 34.4. The number of anilines is 2. The van der Waals surface area contributed by atoms with E-state index in [2.05, 4.69) is 25.9 Å². The van der Waals surface area contributed by atoms with Crippen LogP contribution in [0.15, 0.2) is 53.1 Å². The molecule has 6 aliphatic carbocycles. The van der Waals surface area contributed by atoms with Crippen LogP contribution in [0.25, 0.3) is 11.1 Å². The SMILES string of the molecule is CC(C)(C)c1noc(C23CCC(CN(C(=O)CC45CC(F)(C4)C5)c4cccc(-c5ccc(NS(=O)(=O)C(F)(F)F)cc5)c4)(CC2)CC3)n1. The van der Waals surface area contributed by atoms with Crippen molar-refractivity contribution in [3.8, 4) is 11.1 Å². The van der Waals surface area contributed by atoms with Crippen molar-refractivity contribution in [2.45, 2.75) is 107 Å². The quantitative estimate of drug-likeness (QED) is 0.227. The number of aromatic nitrogens is 2. The second kappa shape index (κ2) is 10.8. The monoisotopic (exact) mass is 688 g/mol. The molecule has 8 nitrogen and oxygen atoms in total. The fraction of sp³-hybridized carbons (Fsp3) is 0.571. The molecule has 2 aromatic carbocycles. The molecule has 9 rings (SSSR count). The van der Waals surface area contributed by atoms with Crippen molar-refractivity contribution < 1.29 is 35.3 Å². The summed E-state index contributed by atoms with van der Waals surface area (Å²) in [6.07, 6.45) is 6.94. The van der Waals surface area contributed by atoms with Crippen LogP contribution in [0, 0.1) is 10.8 Å². The summed E-state index contributed by atoms with van der Waals surface area (Å²) in [5.41, 5.74) is -5.43. The zero-order valence-corrected chi connectivity index (χ0v) is 28.1. The molecule has 48 heavy (non-hydrogen) atoms. The lowest BCUT2D eigenvalue weighted by Crippen LogP contribution is -2.65. The number of sulfonamides is 1. The van der Waals surface area contributed by atoms with Crippen molar-refractivity contribution >= 4 is 27.3 Å². The van der Waals surface area contributed by atoms with Crippen molar-refractivity contribution in [3.63, 3.8) is 0 Å². The largest absolute Gasteiger partial charge is 0.516 e. The summed E-state index contributed by atoms with van der Waals surface area (Å²) in [5, 5.41) is 4.28. The maximum atomic E-state index is 14.4. The van der Waals surface area contributed by atoms with Gasteiger partial charge in [0.05, 0.1) is 0 Å². The van der Waals surface area contributed by atoms with Gasteiger partial charge in [0.1, 0.15) is 5.67 Å². The predicted molar refractivity (Wildman–Crippen MR) is 172 cm³/mol. The number of carbonyl (C=O) groups is 1. The number of nitrogens with one attached hydrogen (secondary N) is 1. The van der Waals surface area contributed by atoms with E-state index in [1.807, 2.05) is 29.2 Å². The second-order valence-electron chi connectivity index (χ2n) is 16.0. The van der Waals surface area contributed by atoms with Crippen LogP contribution < -0.4 is 9.62 Å². The number of amides is 1. The first-order valence-corrected chi connectivity index (χ1v) is 18.0. The molecule has 6 fully saturated rings. The highest BCUT2D eigenvalue weighted by molar-refractivity contribution is 7.93. The highest BCUT2D eigenvalue weighted by Crippen LogP contribution is 2.71. The van der Waals surface area contributed by atoms with E-state index < -0.39 is 21.2 Å². The van der Waals surface area contributed by atoms with Crippen LogP contribution in [0.2, 0.25) is 0 Å². The number of halogens is 4. The first-order valence-electron chi connectivity index (χ1n) is 16.5. The van der Waals surface area contributed by atoms with E-state index in [0.29, 0.717) is 48.8 Å². The zero-order valence-electron chi connectivity index (χ0n) is 27.3. The van der Waals surface area contributed by atoms with Gasteiger partial charge in [0.2, 0.25) is 11.8 Å². The summed E-state index contributed by atoms with van der Waals surface area (Å²) in [4.78, 5) is 20.8. The number of alkyl halides is 4. The molecule has 3 aromatic rings. The maximum Gasteiger partial charge on any atom is 0.516 e. The third-order valence-corrected chi connectivity index (χ3v) is 12.4. The Labute approximate surface area is 277 Å². The van der Waals surface area contributed by atoms with Gasteiger partial charge >= 0.3 is 15.5 Å². The Bertz CT molecular complexity index is 1800. The lowest BCUT2D eigenvalue weighted by molar-refractivity contribution is -0.215. The number of fused-ring (bicyclic) bond motifs is 3. The fourth-order valence-corrected chi connectivity index (χ4v) is 9.05. The second-order valence-corrected chi connectivity index (χ2v) is 17.6. The van der Waals surface area contributed by atoms with Crippen molar-refractivity contribution in [1.82, 2.24) is 10.1 Å². The normalized spacial score (nSPS) is 29.6. The topological polar surface area (TPSA) is 105 Å².